The standard InChI is InChI=1S/C22H20N2OS/c1-14-4-8-17(9-5-14)12-24-13-23-21-20(22(24)25)19(16(3)26-21)18-10-6-15(2)7-11-18/h4-11,13H,12H2,1-3H3. The number of hydrogen-bond acceptors (Lipinski definition) is 3. The summed E-state index contributed by atoms with van der Waals surface area (Å²) < 4.78 is 1.71. The Morgan fingerprint density at radius 2 is 1.54 bits per heavy atom. The molecular weight excluding hydrogens is 340 g/mol. The predicted molar refractivity (Wildman–Crippen MR) is 109 cm³/mol. The Kier molecular flexibility index (Phi) is 4.21. The monoisotopic (exact) mass is 360 g/mol. The number of hydrogen-bond donors (Lipinski definition) is 0. The second-order valence-electron chi connectivity index (χ2n) is 6.74. The molecule has 3 nitrogen and oxygen atoms in total. The van der Waals surface area contributed by atoms with Gasteiger partial charge >= 0.3 is 0 Å². The van der Waals surface area contributed by atoms with Gasteiger partial charge in [0.05, 0.1) is 18.3 Å². The van der Waals surface area contributed by atoms with E-state index in [-0.39, 0.29) is 5.56 Å². The first-order chi connectivity index (χ1) is 12.5. The van der Waals surface area contributed by atoms with Crippen molar-refractivity contribution >= 4 is 21.6 Å². The zero-order chi connectivity index (χ0) is 18.3. The Hall–Kier alpha value is -2.72. The summed E-state index contributed by atoms with van der Waals surface area (Å²) in [6.45, 7) is 6.72. The number of aryl methyl sites for hydroxylation is 3. The first kappa shape index (κ1) is 16.7. The number of fused-ring (bicyclic) bond motifs is 1. The van der Waals surface area contributed by atoms with Crippen LogP contribution in [0, 0.1) is 20.8 Å². The summed E-state index contributed by atoms with van der Waals surface area (Å²) in [6, 6.07) is 16.6. The average molecular weight is 360 g/mol. The molecule has 4 aromatic rings. The molecule has 26 heavy (non-hydrogen) atoms. The van der Waals surface area contributed by atoms with E-state index in [4.69, 9.17) is 0 Å². The van der Waals surface area contributed by atoms with E-state index >= 15 is 0 Å². The van der Waals surface area contributed by atoms with Gasteiger partial charge in [-0.25, -0.2) is 4.98 Å². The highest BCUT2D eigenvalue weighted by molar-refractivity contribution is 7.19. The van der Waals surface area contributed by atoms with Gasteiger partial charge in [-0.1, -0.05) is 59.7 Å². The summed E-state index contributed by atoms with van der Waals surface area (Å²) in [6.07, 6.45) is 1.67. The topological polar surface area (TPSA) is 34.9 Å². The zero-order valence-corrected chi connectivity index (χ0v) is 15.9. The van der Waals surface area contributed by atoms with E-state index in [0.29, 0.717) is 6.54 Å². The minimum atomic E-state index is 0.0236. The molecule has 0 aliphatic carbocycles. The summed E-state index contributed by atoms with van der Waals surface area (Å²) in [5.74, 6) is 0. The second-order valence-corrected chi connectivity index (χ2v) is 7.95. The van der Waals surface area contributed by atoms with Gasteiger partial charge in [0.25, 0.3) is 5.56 Å². The molecule has 2 aromatic heterocycles. The van der Waals surface area contributed by atoms with Crippen LogP contribution in [0.1, 0.15) is 21.6 Å². The van der Waals surface area contributed by atoms with Crippen molar-refractivity contribution in [2.75, 3.05) is 0 Å². The molecule has 4 heteroatoms. The molecule has 0 radical (unpaired) electrons. The van der Waals surface area contributed by atoms with Crippen LogP contribution in [0.15, 0.2) is 59.7 Å². The van der Waals surface area contributed by atoms with Gasteiger partial charge in [-0.2, -0.15) is 0 Å². The Bertz CT molecular complexity index is 1140. The lowest BCUT2D eigenvalue weighted by Crippen LogP contribution is -2.21. The Morgan fingerprint density at radius 1 is 0.923 bits per heavy atom. The molecule has 0 aliphatic rings. The van der Waals surface area contributed by atoms with Crippen LogP contribution >= 0.6 is 11.3 Å². The molecule has 0 bridgehead atoms. The third kappa shape index (κ3) is 2.97. The third-order valence-corrected chi connectivity index (χ3v) is 5.68. The fourth-order valence-electron chi connectivity index (χ4n) is 3.21. The zero-order valence-electron chi connectivity index (χ0n) is 15.1. The van der Waals surface area contributed by atoms with Gasteiger partial charge in [0.2, 0.25) is 0 Å². The number of aromatic nitrogens is 2. The van der Waals surface area contributed by atoms with E-state index < -0.39 is 0 Å². The first-order valence-corrected chi connectivity index (χ1v) is 9.45. The molecule has 0 aliphatic heterocycles. The Labute approximate surface area is 156 Å². The molecule has 0 N–H and O–H groups in total. The van der Waals surface area contributed by atoms with Gasteiger partial charge in [-0.15, -0.1) is 11.3 Å². The van der Waals surface area contributed by atoms with E-state index in [9.17, 15) is 4.79 Å². The van der Waals surface area contributed by atoms with Crippen molar-refractivity contribution in [2.24, 2.45) is 0 Å². The van der Waals surface area contributed by atoms with Gasteiger partial charge in [-0.05, 0) is 31.9 Å². The largest absolute Gasteiger partial charge is 0.294 e. The van der Waals surface area contributed by atoms with Crippen molar-refractivity contribution in [1.29, 1.82) is 0 Å². The minimum absolute atomic E-state index is 0.0236. The molecule has 0 atom stereocenters. The van der Waals surface area contributed by atoms with E-state index in [1.165, 1.54) is 11.1 Å². The number of nitrogens with zero attached hydrogens (tertiary/aromatic N) is 2. The molecule has 130 valence electrons. The van der Waals surface area contributed by atoms with Crippen LogP contribution in [-0.2, 0) is 6.54 Å². The van der Waals surface area contributed by atoms with Crippen LogP contribution in [0.5, 0.6) is 0 Å². The molecule has 0 unspecified atom stereocenters. The highest BCUT2D eigenvalue weighted by atomic mass is 32.1. The average Bonchev–Trinajstić information content (AvgIpc) is 2.97. The van der Waals surface area contributed by atoms with Crippen molar-refractivity contribution in [3.63, 3.8) is 0 Å². The first-order valence-electron chi connectivity index (χ1n) is 8.64. The minimum Gasteiger partial charge on any atom is -0.294 e. The van der Waals surface area contributed by atoms with Crippen molar-refractivity contribution in [3.8, 4) is 11.1 Å². The highest BCUT2D eigenvalue weighted by Gasteiger charge is 2.16. The third-order valence-electron chi connectivity index (χ3n) is 4.67. The quantitative estimate of drug-likeness (QED) is 0.509. The second kappa shape index (κ2) is 6.54. The predicted octanol–water partition coefficient (Wildman–Crippen LogP) is 5.10. The molecule has 0 spiro atoms. The molecular formula is C22H20N2OS. The summed E-state index contributed by atoms with van der Waals surface area (Å²) in [5.41, 5.74) is 5.64. The molecule has 0 fully saturated rings. The normalized spacial score (nSPS) is 11.2. The molecule has 4 rings (SSSR count). The Morgan fingerprint density at radius 3 is 2.19 bits per heavy atom. The highest BCUT2D eigenvalue weighted by Crippen LogP contribution is 2.35. The fourth-order valence-corrected chi connectivity index (χ4v) is 4.21. The molecule has 0 amide bonds. The van der Waals surface area contributed by atoms with Gasteiger partial charge in [0.1, 0.15) is 4.83 Å². The Balaban J connectivity index is 1.86. The molecule has 0 saturated heterocycles. The maximum atomic E-state index is 13.2. The lowest BCUT2D eigenvalue weighted by atomic mass is 10.0. The summed E-state index contributed by atoms with van der Waals surface area (Å²) in [4.78, 5) is 19.7. The van der Waals surface area contributed by atoms with Crippen molar-refractivity contribution in [3.05, 3.63) is 86.8 Å². The fraction of sp³-hybridized carbons (Fsp3) is 0.182. The van der Waals surface area contributed by atoms with E-state index in [2.05, 4.69) is 74.3 Å². The summed E-state index contributed by atoms with van der Waals surface area (Å²) in [5, 5.41) is 0.728. The number of rotatable bonds is 3. The molecule has 0 saturated carbocycles. The van der Waals surface area contributed by atoms with Crippen LogP contribution in [0.2, 0.25) is 0 Å². The van der Waals surface area contributed by atoms with Crippen LogP contribution in [0.25, 0.3) is 21.3 Å². The van der Waals surface area contributed by atoms with E-state index in [0.717, 1.165) is 31.8 Å². The SMILES string of the molecule is Cc1ccc(Cn2cnc3sc(C)c(-c4ccc(C)cc4)c3c2=O)cc1. The van der Waals surface area contributed by atoms with Crippen LogP contribution < -0.4 is 5.56 Å². The van der Waals surface area contributed by atoms with Crippen LogP contribution in [0.4, 0.5) is 0 Å². The smallest absolute Gasteiger partial charge is 0.263 e. The van der Waals surface area contributed by atoms with Crippen molar-refractivity contribution in [1.82, 2.24) is 9.55 Å². The molecule has 2 heterocycles. The number of benzene rings is 2. The van der Waals surface area contributed by atoms with Gasteiger partial charge in [0, 0.05) is 10.4 Å². The van der Waals surface area contributed by atoms with Gasteiger partial charge < -0.3 is 0 Å². The maximum Gasteiger partial charge on any atom is 0.263 e. The van der Waals surface area contributed by atoms with Crippen LogP contribution in [-0.4, -0.2) is 9.55 Å². The van der Waals surface area contributed by atoms with Crippen molar-refractivity contribution < 1.29 is 0 Å². The van der Waals surface area contributed by atoms with Crippen LogP contribution in [0.3, 0.4) is 0 Å². The summed E-state index contributed by atoms with van der Waals surface area (Å²) >= 11 is 1.58. The van der Waals surface area contributed by atoms with Gasteiger partial charge in [0.15, 0.2) is 0 Å². The van der Waals surface area contributed by atoms with Crippen molar-refractivity contribution in [2.45, 2.75) is 27.3 Å². The van der Waals surface area contributed by atoms with Gasteiger partial charge in [-0.3, -0.25) is 9.36 Å². The maximum absolute atomic E-state index is 13.2. The summed E-state index contributed by atoms with van der Waals surface area (Å²) in [7, 11) is 0. The lowest BCUT2D eigenvalue weighted by Gasteiger charge is -2.07. The number of thiophene rings is 1. The van der Waals surface area contributed by atoms with E-state index in [1.54, 1.807) is 22.2 Å². The van der Waals surface area contributed by atoms with E-state index in [1.807, 2.05) is 0 Å². The lowest BCUT2D eigenvalue weighted by molar-refractivity contribution is 0.749. The molecule has 2 aromatic carbocycles.